The zero-order chi connectivity index (χ0) is 42.2. The van der Waals surface area contributed by atoms with E-state index in [1.165, 1.54) is 30.0 Å². The molecule has 3 aliphatic heterocycles. The van der Waals surface area contributed by atoms with Gasteiger partial charge >= 0.3 is 0 Å². The van der Waals surface area contributed by atoms with Crippen LogP contribution in [0.2, 0.25) is 0 Å². The summed E-state index contributed by atoms with van der Waals surface area (Å²) in [5.41, 5.74) is 12.7. The second-order valence-corrected chi connectivity index (χ2v) is 18.0. The maximum Gasteiger partial charge on any atom is 0.258 e. The second-order valence-electron chi connectivity index (χ2n) is 18.0. The highest BCUT2D eigenvalue weighted by molar-refractivity contribution is 5.97. The molecule has 0 atom stereocenters. The fraction of sp³-hybridized carbons (Fsp3) is 0.468. The maximum atomic E-state index is 13.5. The fourth-order valence-corrected chi connectivity index (χ4v) is 10.0. The van der Waals surface area contributed by atoms with Gasteiger partial charge in [-0.2, -0.15) is 0 Å². The molecule has 2 amide bonds. The maximum absolute atomic E-state index is 13.5. The van der Waals surface area contributed by atoms with Crippen molar-refractivity contribution in [2.24, 2.45) is 11.8 Å². The molecular formula is C47H58N10O4. The fourth-order valence-electron chi connectivity index (χ4n) is 10.0. The molecule has 0 spiro atoms. The number of amides is 2. The number of pyridine rings is 1. The molecular weight excluding hydrogens is 769 g/mol. The number of hydrogen-bond acceptors (Lipinski definition) is 11. The Kier molecular flexibility index (Phi) is 11.7. The van der Waals surface area contributed by atoms with E-state index < -0.39 is 0 Å². The molecule has 5 N–H and O–H groups in total. The van der Waals surface area contributed by atoms with Crippen molar-refractivity contribution >= 4 is 29.2 Å². The molecule has 2 aromatic carbocycles. The first-order valence-corrected chi connectivity index (χ1v) is 22.0. The molecule has 1 saturated carbocycles. The van der Waals surface area contributed by atoms with E-state index in [9.17, 15) is 19.8 Å². The Morgan fingerprint density at radius 2 is 1.54 bits per heavy atom. The van der Waals surface area contributed by atoms with Crippen molar-refractivity contribution < 1.29 is 19.8 Å². The van der Waals surface area contributed by atoms with E-state index in [-0.39, 0.29) is 46.7 Å². The Balaban J connectivity index is 0.682. The molecule has 0 unspecified atom stereocenters. The summed E-state index contributed by atoms with van der Waals surface area (Å²) in [5.74, 6) is 1.18. The first-order chi connectivity index (χ1) is 29.5. The van der Waals surface area contributed by atoms with Gasteiger partial charge in [0, 0.05) is 100 Å². The number of phenolic OH excluding ortho intramolecular Hbond substituents is 2. The Morgan fingerprint density at radius 1 is 0.803 bits per heavy atom. The minimum absolute atomic E-state index is 0.0151. The Bertz CT molecular complexity index is 2380. The van der Waals surface area contributed by atoms with Crippen LogP contribution in [0.25, 0.3) is 16.8 Å². The Hall–Kier alpha value is -5.57. The third-order valence-electron chi connectivity index (χ3n) is 13.6. The van der Waals surface area contributed by atoms with E-state index in [2.05, 4.69) is 53.2 Å². The van der Waals surface area contributed by atoms with Gasteiger partial charge in [0.25, 0.3) is 5.91 Å². The number of aromatic hydroxyl groups is 2. The minimum Gasteiger partial charge on any atom is -0.508 e. The molecule has 6 heterocycles. The van der Waals surface area contributed by atoms with Crippen LogP contribution in [0.5, 0.6) is 11.5 Å². The van der Waals surface area contributed by atoms with Crippen LogP contribution < -0.4 is 11.1 Å². The normalized spacial score (nSPS) is 20.7. The largest absolute Gasteiger partial charge is 0.508 e. The minimum atomic E-state index is -0.214. The molecule has 9 rings (SSSR count). The summed E-state index contributed by atoms with van der Waals surface area (Å²) in [6.45, 7) is 13.6. The van der Waals surface area contributed by atoms with Crippen molar-refractivity contribution in [3.05, 3.63) is 95.1 Å². The van der Waals surface area contributed by atoms with Crippen LogP contribution >= 0.6 is 0 Å². The number of imidazole rings is 1. The average molecular weight is 827 g/mol. The van der Waals surface area contributed by atoms with Crippen molar-refractivity contribution in [3.8, 4) is 22.6 Å². The van der Waals surface area contributed by atoms with E-state index in [1.54, 1.807) is 23.4 Å². The number of hydrogen-bond donors (Lipinski definition) is 4. The Labute approximate surface area is 357 Å². The van der Waals surface area contributed by atoms with Gasteiger partial charge in [0.2, 0.25) is 11.9 Å². The van der Waals surface area contributed by atoms with Crippen molar-refractivity contribution in [2.45, 2.75) is 84.0 Å². The summed E-state index contributed by atoms with van der Waals surface area (Å²) < 4.78 is 1.91. The zero-order valence-corrected chi connectivity index (χ0v) is 35.3. The van der Waals surface area contributed by atoms with Crippen molar-refractivity contribution in [3.63, 3.8) is 0 Å². The predicted molar refractivity (Wildman–Crippen MR) is 235 cm³/mol. The van der Waals surface area contributed by atoms with Gasteiger partial charge < -0.3 is 35.5 Å². The van der Waals surface area contributed by atoms with Crippen molar-refractivity contribution in [1.29, 1.82) is 0 Å². The highest BCUT2D eigenvalue weighted by Crippen LogP contribution is 2.35. The highest BCUT2D eigenvalue weighted by Gasteiger charge is 2.32. The monoisotopic (exact) mass is 826 g/mol. The lowest BCUT2D eigenvalue weighted by molar-refractivity contribution is -0.121. The molecule has 1 aliphatic carbocycles. The predicted octanol–water partition coefficient (Wildman–Crippen LogP) is 6.09. The quantitative estimate of drug-likeness (QED) is 0.129. The van der Waals surface area contributed by atoms with Gasteiger partial charge in [0.15, 0.2) is 5.82 Å². The summed E-state index contributed by atoms with van der Waals surface area (Å²) in [5, 5.41) is 23.9. The zero-order valence-electron chi connectivity index (χ0n) is 35.3. The van der Waals surface area contributed by atoms with Crippen LogP contribution in [0, 0.1) is 11.8 Å². The van der Waals surface area contributed by atoms with Crippen LogP contribution in [0.4, 0.5) is 11.8 Å². The van der Waals surface area contributed by atoms with Gasteiger partial charge in [-0.1, -0.05) is 32.0 Å². The second kappa shape index (κ2) is 17.4. The summed E-state index contributed by atoms with van der Waals surface area (Å²) in [6, 6.07) is 14.1. The van der Waals surface area contributed by atoms with Crippen molar-refractivity contribution in [1.82, 2.24) is 39.0 Å². The van der Waals surface area contributed by atoms with Crippen LogP contribution in [0.15, 0.2) is 67.3 Å². The molecule has 0 bridgehead atoms. The highest BCUT2D eigenvalue weighted by atomic mass is 16.3. The third kappa shape index (κ3) is 9.07. The summed E-state index contributed by atoms with van der Waals surface area (Å²) >= 11 is 0. The molecule has 3 fully saturated rings. The average Bonchev–Trinajstić information content (AvgIpc) is 3.88. The number of benzene rings is 2. The van der Waals surface area contributed by atoms with Crippen molar-refractivity contribution in [2.75, 3.05) is 56.9 Å². The van der Waals surface area contributed by atoms with Gasteiger partial charge in [-0.05, 0) is 104 Å². The summed E-state index contributed by atoms with van der Waals surface area (Å²) in [6.07, 6.45) is 13.6. The molecule has 2 saturated heterocycles. The number of nitrogen functional groups attached to an aromatic ring is 1. The van der Waals surface area contributed by atoms with E-state index >= 15 is 0 Å². The number of rotatable bonds is 10. The number of anilines is 2. The van der Waals surface area contributed by atoms with E-state index in [1.807, 2.05) is 42.8 Å². The molecule has 61 heavy (non-hydrogen) atoms. The number of likely N-dealkylation sites (tertiary alicyclic amines) is 1. The number of nitrogens with zero attached hydrogens (tertiary/aromatic N) is 8. The lowest BCUT2D eigenvalue weighted by atomic mass is 9.81. The van der Waals surface area contributed by atoms with Gasteiger partial charge in [0.05, 0.1) is 11.8 Å². The lowest BCUT2D eigenvalue weighted by Gasteiger charge is -2.43. The number of piperidine rings is 1. The summed E-state index contributed by atoms with van der Waals surface area (Å²) in [4.78, 5) is 49.3. The number of fused-ring (bicyclic) bond motifs is 2. The van der Waals surface area contributed by atoms with Crippen LogP contribution in [0.3, 0.4) is 0 Å². The van der Waals surface area contributed by atoms with Crippen LogP contribution in [0.1, 0.15) is 90.9 Å². The van der Waals surface area contributed by atoms with Crippen LogP contribution in [-0.4, -0.2) is 113 Å². The Morgan fingerprint density at radius 3 is 2.28 bits per heavy atom. The van der Waals surface area contributed by atoms with Gasteiger partial charge in [-0.3, -0.25) is 19.4 Å². The van der Waals surface area contributed by atoms with E-state index in [0.29, 0.717) is 36.4 Å². The standard InChI is InChI=1S/C47H58N10O4/c1-30(2)39-20-40(42(59)21-41(39)58)46(61)57-27-34-8-5-32(19-36(34)28-57)25-53-13-11-38(12-14-53)55-17-15-54(16-18-55)24-31-3-6-33(7-4-31)45(60)52-43-29-56-26-35(9-10-44(56)51-43)37-22-49-47(48)50-23-37/h5,8-10,19-23,26,29-31,33,38,58-59H,3-4,6-7,11-18,24-25,27-28H2,1-2H3,(H,52,60)(H2,48,49,50). The first-order valence-electron chi connectivity index (χ1n) is 22.0. The molecule has 14 heteroatoms. The smallest absolute Gasteiger partial charge is 0.258 e. The molecule has 4 aliphatic rings. The SMILES string of the molecule is CC(C)c1cc(C(=O)N2Cc3ccc(CN4CCC(N5CCN(CC6CCC(C(=O)Nc7cn8cc(-c9cnc(N)nc9)ccc8n7)CC6)CC5)CC4)cc3C2)c(O)cc1O. The number of carbonyl (C=O) groups is 2. The molecule has 320 valence electrons. The van der Waals surface area contributed by atoms with Gasteiger partial charge in [-0.15, -0.1) is 0 Å². The molecule has 3 aromatic heterocycles. The van der Waals surface area contributed by atoms with Gasteiger partial charge in [-0.25, -0.2) is 15.0 Å². The number of aromatic nitrogens is 4. The first kappa shape index (κ1) is 40.8. The lowest BCUT2D eigenvalue weighted by Crippen LogP contribution is -2.53. The number of piperazine rings is 1. The number of nitrogens with two attached hydrogens (primary N) is 1. The number of carbonyl (C=O) groups excluding carboxylic acids is 2. The molecule has 14 nitrogen and oxygen atoms in total. The molecule has 0 radical (unpaired) electrons. The van der Waals surface area contributed by atoms with E-state index in [0.717, 1.165) is 100 Å². The van der Waals surface area contributed by atoms with E-state index in [4.69, 9.17) is 5.73 Å². The van der Waals surface area contributed by atoms with Gasteiger partial charge in [0.1, 0.15) is 17.1 Å². The number of phenols is 2. The molecule has 5 aromatic rings. The topological polar surface area (TPSA) is 169 Å². The summed E-state index contributed by atoms with van der Waals surface area (Å²) in [7, 11) is 0. The number of nitrogens with one attached hydrogen (secondary N) is 1. The third-order valence-corrected chi connectivity index (χ3v) is 13.6. The van der Waals surface area contributed by atoms with Crippen LogP contribution in [-0.2, 0) is 24.4 Å².